The van der Waals surface area contributed by atoms with Gasteiger partial charge in [0.25, 0.3) is 0 Å². The molecule has 0 radical (unpaired) electrons. The van der Waals surface area contributed by atoms with Crippen molar-refractivity contribution in [1.29, 1.82) is 0 Å². The minimum Gasteiger partial charge on any atom is -0.485 e. The Morgan fingerprint density at radius 2 is 1.91 bits per heavy atom. The summed E-state index contributed by atoms with van der Waals surface area (Å²) >= 11 is 0. The molecule has 1 aliphatic carbocycles. The largest absolute Gasteiger partial charge is 0.485 e. The van der Waals surface area contributed by atoms with Gasteiger partial charge in [0.05, 0.1) is 12.7 Å². The fourth-order valence-electron chi connectivity index (χ4n) is 6.54. The van der Waals surface area contributed by atoms with Gasteiger partial charge in [-0.15, -0.1) is 0 Å². The highest BCUT2D eigenvalue weighted by Crippen LogP contribution is 2.61. The van der Waals surface area contributed by atoms with Gasteiger partial charge in [-0.05, 0) is 69.9 Å². The number of aryl methyl sites for hydroxylation is 1. The van der Waals surface area contributed by atoms with Crippen LogP contribution in [0.4, 0.5) is 0 Å². The molecule has 7 heteroatoms. The van der Waals surface area contributed by atoms with Crippen LogP contribution in [0.25, 0.3) is 0 Å². The van der Waals surface area contributed by atoms with Gasteiger partial charge in [-0.3, -0.25) is 9.59 Å². The number of hydrogen-bond donors (Lipinski definition) is 2. The van der Waals surface area contributed by atoms with Crippen molar-refractivity contribution in [2.45, 2.75) is 84.8 Å². The highest BCUT2D eigenvalue weighted by atomic mass is 16.5. The highest BCUT2D eigenvalue weighted by Gasteiger charge is 2.64. The van der Waals surface area contributed by atoms with Gasteiger partial charge in [0.1, 0.15) is 16.9 Å². The molecule has 1 saturated carbocycles. The second kappa shape index (κ2) is 8.42. The Morgan fingerprint density at radius 3 is 2.45 bits per heavy atom. The highest BCUT2D eigenvalue weighted by molar-refractivity contribution is 5.91. The molecule has 1 spiro atoms. The van der Waals surface area contributed by atoms with Gasteiger partial charge in [0.15, 0.2) is 5.43 Å². The van der Waals surface area contributed by atoms with E-state index in [1.54, 1.807) is 27.7 Å². The number of ether oxygens (including phenoxy) is 2. The summed E-state index contributed by atoms with van der Waals surface area (Å²) in [6.45, 7) is 11.0. The average molecular weight is 461 g/mol. The van der Waals surface area contributed by atoms with E-state index < -0.39 is 34.0 Å². The van der Waals surface area contributed by atoms with Crippen LogP contribution in [0.1, 0.15) is 80.4 Å². The summed E-state index contributed by atoms with van der Waals surface area (Å²) in [5.74, 6) is -1.23. The summed E-state index contributed by atoms with van der Waals surface area (Å²) in [6.07, 6.45) is 2.35. The molecule has 4 atom stereocenters. The molecule has 0 saturated heterocycles. The van der Waals surface area contributed by atoms with Crippen molar-refractivity contribution in [2.75, 3.05) is 7.11 Å². The van der Waals surface area contributed by atoms with Crippen molar-refractivity contribution in [3.63, 3.8) is 0 Å². The molecule has 7 nitrogen and oxygen atoms in total. The zero-order valence-corrected chi connectivity index (χ0v) is 20.7. The molecule has 182 valence electrons. The lowest BCUT2D eigenvalue weighted by Crippen LogP contribution is -2.64. The number of rotatable bonds is 5. The van der Waals surface area contributed by atoms with Crippen LogP contribution in [0.15, 0.2) is 10.9 Å². The van der Waals surface area contributed by atoms with Gasteiger partial charge >= 0.3 is 11.9 Å². The van der Waals surface area contributed by atoms with Crippen LogP contribution in [-0.2, 0) is 16.0 Å². The molecule has 3 rings (SSSR count). The second-order valence-corrected chi connectivity index (χ2v) is 10.7. The molecule has 0 bridgehead atoms. The van der Waals surface area contributed by atoms with Gasteiger partial charge in [0, 0.05) is 23.8 Å². The lowest BCUT2D eigenvalue weighted by atomic mass is 9.49. The summed E-state index contributed by atoms with van der Waals surface area (Å²) in [5.41, 5.74) is -1.21. The van der Waals surface area contributed by atoms with Gasteiger partial charge in [-0.2, -0.15) is 0 Å². The summed E-state index contributed by atoms with van der Waals surface area (Å²) in [4.78, 5) is 37.1. The molecule has 1 aromatic carbocycles. The van der Waals surface area contributed by atoms with Crippen LogP contribution in [0.2, 0.25) is 0 Å². The molecular weight excluding hydrogens is 424 g/mol. The second-order valence-electron chi connectivity index (χ2n) is 10.7. The minimum absolute atomic E-state index is 0.00162. The molecule has 33 heavy (non-hydrogen) atoms. The third-order valence-corrected chi connectivity index (χ3v) is 8.24. The Hall–Kier alpha value is -2.41. The minimum atomic E-state index is -1.03. The Balaban J connectivity index is 2.23. The Bertz CT molecular complexity index is 1040. The number of carboxylic acids is 1. The van der Waals surface area contributed by atoms with E-state index in [4.69, 9.17) is 9.47 Å². The number of esters is 1. The van der Waals surface area contributed by atoms with Crippen LogP contribution in [0.5, 0.6) is 5.75 Å². The summed E-state index contributed by atoms with van der Waals surface area (Å²) in [5, 5.41) is 20.6. The number of carboxylic acid groups (broad SMARTS) is 1. The first-order chi connectivity index (χ1) is 15.2. The number of hydrogen-bond acceptors (Lipinski definition) is 6. The van der Waals surface area contributed by atoms with Crippen molar-refractivity contribution in [3.8, 4) is 5.75 Å². The summed E-state index contributed by atoms with van der Waals surface area (Å²) < 4.78 is 11.6. The van der Waals surface area contributed by atoms with Gasteiger partial charge < -0.3 is 19.7 Å². The van der Waals surface area contributed by atoms with Crippen molar-refractivity contribution in [3.05, 3.63) is 38.5 Å². The first-order valence-corrected chi connectivity index (χ1v) is 11.6. The van der Waals surface area contributed by atoms with E-state index in [9.17, 15) is 24.6 Å². The van der Waals surface area contributed by atoms with Crippen molar-refractivity contribution >= 4 is 11.9 Å². The zero-order valence-electron chi connectivity index (χ0n) is 20.7. The number of aliphatic hydroxyl groups is 1. The number of aliphatic carboxylic acids is 1. The van der Waals surface area contributed by atoms with Crippen LogP contribution >= 0.6 is 0 Å². The quantitative estimate of drug-likeness (QED) is 0.643. The van der Waals surface area contributed by atoms with Gasteiger partial charge in [-0.1, -0.05) is 19.9 Å². The predicted molar refractivity (Wildman–Crippen MR) is 124 cm³/mol. The van der Waals surface area contributed by atoms with Crippen molar-refractivity contribution in [2.24, 2.45) is 17.3 Å². The van der Waals surface area contributed by atoms with Crippen molar-refractivity contribution in [1.82, 2.24) is 0 Å². The lowest BCUT2D eigenvalue weighted by Gasteiger charge is -2.59. The van der Waals surface area contributed by atoms with Crippen LogP contribution < -0.4 is 10.2 Å². The molecule has 1 fully saturated rings. The maximum Gasteiger partial charge on any atom is 0.342 e. The topological polar surface area (TPSA) is 110 Å². The Kier molecular flexibility index (Phi) is 6.44. The molecule has 2 N–H and O–H groups in total. The first-order valence-electron chi connectivity index (χ1n) is 11.6. The molecule has 1 heterocycles. The van der Waals surface area contributed by atoms with E-state index >= 15 is 0 Å². The SMILES string of the molecule is COC(=O)c1c(C)cc2c(c(C)c1=O)OC1(C2)C(C)CCC(C(C)(C)O)C1(C)CCC(=O)O. The van der Waals surface area contributed by atoms with E-state index in [2.05, 4.69) is 6.92 Å². The van der Waals surface area contributed by atoms with E-state index in [1.807, 2.05) is 13.0 Å². The number of fused-ring (bicyclic) bond motifs is 1. The predicted octanol–water partition coefficient (Wildman–Crippen LogP) is 3.81. The van der Waals surface area contributed by atoms with Gasteiger partial charge in [0.2, 0.25) is 0 Å². The van der Waals surface area contributed by atoms with Crippen LogP contribution in [-0.4, -0.2) is 40.5 Å². The first kappa shape index (κ1) is 25.2. The van der Waals surface area contributed by atoms with E-state index in [1.165, 1.54) is 7.11 Å². The fourth-order valence-corrected chi connectivity index (χ4v) is 6.54. The average Bonchev–Trinajstić information content (AvgIpc) is 3.06. The van der Waals surface area contributed by atoms with E-state index in [0.29, 0.717) is 29.7 Å². The normalized spacial score (nSPS) is 28.8. The number of methoxy groups -OCH3 is 1. The number of carbonyl (C=O) groups excluding carboxylic acids is 1. The molecule has 2 aliphatic rings. The smallest absolute Gasteiger partial charge is 0.342 e. The third-order valence-electron chi connectivity index (χ3n) is 8.24. The van der Waals surface area contributed by atoms with E-state index in [0.717, 1.165) is 18.4 Å². The molecule has 0 aromatic heterocycles. The van der Waals surface area contributed by atoms with Gasteiger partial charge in [-0.25, -0.2) is 4.79 Å². The lowest BCUT2D eigenvalue weighted by molar-refractivity contribution is -0.188. The fraction of sp³-hybridized carbons (Fsp3) is 0.654. The van der Waals surface area contributed by atoms with Crippen LogP contribution in [0.3, 0.4) is 0 Å². The maximum absolute atomic E-state index is 13.2. The molecule has 1 aromatic rings. The molecular formula is C26H36O7. The standard InChI is InChI=1S/C26H36O7/c1-14-12-17-13-26(33-22(17)16(3)21(29)20(14)23(30)32-7)15(2)8-9-18(24(4,5)31)25(26,6)11-10-19(27)28/h12,15,18,31H,8-11,13H2,1-7H3,(H,27,28). The molecule has 0 amide bonds. The maximum atomic E-state index is 13.2. The Labute approximate surface area is 195 Å². The summed E-state index contributed by atoms with van der Waals surface area (Å²) in [6, 6.07) is 1.82. The monoisotopic (exact) mass is 460 g/mol. The zero-order chi connectivity index (χ0) is 24.9. The van der Waals surface area contributed by atoms with Crippen molar-refractivity contribution < 1.29 is 29.3 Å². The third kappa shape index (κ3) is 3.94. The Morgan fingerprint density at radius 1 is 1.27 bits per heavy atom. The summed E-state index contributed by atoms with van der Waals surface area (Å²) in [7, 11) is 1.25. The van der Waals surface area contributed by atoms with E-state index in [-0.39, 0.29) is 23.8 Å². The molecule has 1 aliphatic heterocycles. The van der Waals surface area contributed by atoms with Crippen LogP contribution in [0, 0.1) is 31.1 Å². The molecule has 4 unspecified atom stereocenters. The number of carbonyl (C=O) groups is 2.